The predicted molar refractivity (Wildman–Crippen MR) is 160 cm³/mol. The lowest BCUT2D eigenvalue weighted by Gasteiger charge is -2.35. The van der Waals surface area contributed by atoms with Gasteiger partial charge in [-0.1, -0.05) is 46.8 Å². The molecule has 9 nitrogen and oxygen atoms in total. The van der Waals surface area contributed by atoms with E-state index < -0.39 is 35.2 Å². The zero-order valence-electron chi connectivity index (χ0n) is 26.3. The number of esters is 1. The topological polar surface area (TPSA) is 103 Å². The number of aryl methyl sites for hydroxylation is 1. The van der Waals surface area contributed by atoms with Gasteiger partial charge in [-0.2, -0.15) is 0 Å². The molecule has 2 aliphatic heterocycles. The second-order valence-electron chi connectivity index (χ2n) is 13.5. The molecule has 0 radical (unpaired) electrons. The maximum Gasteiger partial charge on any atom is 0.407 e. The Kier molecular flexibility index (Phi) is 9.11. The van der Waals surface area contributed by atoms with Crippen molar-refractivity contribution < 1.29 is 33.3 Å². The molecule has 0 spiro atoms. The van der Waals surface area contributed by atoms with Crippen LogP contribution >= 0.6 is 0 Å². The van der Waals surface area contributed by atoms with E-state index in [1.54, 1.807) is 14.2 Å². The number of benzene rings is 2. The number of nitrogens with zero attached hydrogens (tertiary/aromatic N) is 1. The number of carbonyl (C=O) groups excluding carboxylic acids is 3. The zero-order chi connectivity index (χ0) is 30.9. The van der Waals surface area contributed by atoms with E-state index in [2.05, 4.69) is 37.4 Å². The average Bonchev–Trinajstić information content (AvgIpc) is 3.34. The first kappa shape index (κ1) is 31.6. The molecule has 2 aromatic carbocycles. The molecule has 2 aromatic rings. The lowest BCUT2D eigenvalue weighted by atomic mass is 9.83. The molecule has 1 N–H and O–H groups in total. The fourth-order valence-corrected chi connectivity index (χ4v) is 6.19. The highest BCUT2D eigenvalue weighted by atomic mass is 16.5. The van der Waals surface area contributed by atoms with Crippen LogP contribution < -0.4 is 10.1 Å². The van der Waals surface area contributed by atoms with E-state index in [9.17, 15) is 14.4 Å². The van der Waals surface area contributed by atoms with Crippen molar-refractivity contribution in [3.63, 3.8) is 0 Å². The molecule has 2 aliphatic rings. The normalized spacial score (nSPS) is 25.4. The summed E-state index contributed by atoms with van der Waals surface area (Å²) in [5.74, 6) is -0.0773. The third-order valence-electron chi connectivity index (χ3n) is 8.92. The third-order valence-corrected chi connectivity index (χ3v) is 8.92. The first-order valence-corrected chi connectivity index (χ1v) is 14.7. The van der Waals surface area contributed by atoms with E-state index in [0.29, 0.717) is 6.42 Å². The van der Waals surface area contributed by atoms with Crippen molar-refractivity contribution in [2.24, 2.45) is 10.8 Å². The van der Waals surface area contributed by atoms with E-state index in [1.807, 2.05) is 32.9 Å². The summed E-state index contributed by atoms with van der Waals surface area (Å²) in [6.07, 6.45) is 2.96. The van der Waals surface area contributed by atoms with E-state index in [-0.39, 0.29) is 30.9 Å². The molecule has 2 amide bonds. The maximum atomic E-state index is 14.2. The molecule has 1 saturated heterocycles. The van der Waals surface area contributed by atoms with Crippen LogP contribution in [0.3, 0.4) is 0 Å². The highest BCUT2D eigenvalue weighted by Gasteiger charge is 2.53. The Morgan fingerprint density at radius 1 is 1.05 bits per heavy atom. The maximum absolute atomic E-state index is 14.2. The number of ether oxygens (including phenoxy) is 4. The summed E-state index contributed by atoms with van der Waals surface area (Å²) < 4.78 is 22.6. The Labute approximate surface area is 249 Å². The number of rotatable bonds is 3. The smallest absolute Gasteiger partial charge is 0.407 e. The summed E-state index contributed by atoms with van der Waals surface area (Å²) in [4.78, 5) is 41.7. The molecule has 0 aromatic heterocycles. The van der Waals surface area contributed by atoms with Crippen molar-refractivity contribution in [3.05, 3.63) is 41.5 Å². The molecular formula is C33H46N2O7. The summed E-state index contributed by atoms with van der Waals surface area (Å²) in [5.41, 5.74) is 0.297. The average molecular weight is 583 g/mol. The van der Waals surface area contributed by atoms with Crippen LogP contribution in [0.25, 0.3) is 10.8 Å². The van der Waals surface area contributed by atoms with Crippen LogP contribution in [-0.2, 0) is 35.8 Å². The van der Waals surface area contributed by atoms with Crippen molar-refractivity contribution in [2.75, 3.05) is 34.5 Å². The Morgan fingerprint density at radius 2 is 1.79 bits per heavy atom. The third kappa shape index (κ3) is 6.51. The molecule has 5 bridgehead atoms. The molecule has 0 aliphatic carbocycles. The highest BCUT2D eigenvalue weighted by molar-refractivity contribution is 5.91. The van der Waals surface area contributed by atoms with Crippen LogP contribution in [0, 0.1) is 10.8 Å². The second kappa shape index (κ2) is 12.1. The molecule has 230 valence electrons. The minimum Gasteiger partial charge on any atom is -0.496 e. The van der Waals surface area contributed by atoms with Crippen LogP contribution in [0.15, 0.2) is 30.3 Å². The molecule has 0 saturated carbocycles. The van der Waals surface area contributed by atoms with Gasteiger partial charge in [0.1, 0.15) is 23.4 Å². The highest BCUT2D eigenvalue weighted by Crippen LogP contribution is 2.42. The van der Waals surface area contributed by atoms with Crippen LogP contribution in [0.2, 0.25) is 0 Å². The molecule has 3 atom stereocenters. The van der Waals surface area contributed by atoms with Gasteiger partial charge in [0.15, 0.2) is 0 Å². The number of cyclic esters (lactones) is 1. The molecular weight excluding hydrogens is 536 g/mol. The van der Waals surface area contributed by atoms with E-state index in [1.165, 1.54) is 12.0 Å². The lowest BCUT2D eigenvalue weighted by molar-refractivity contribution is -0.152. The summed E-state index contributed by atoms with van der Waals surface area (Å²) >= 11 is 0. The number of fused-ring (bicyclic) bond motifs is 5. The Morgan fingerprint density at radius 3 is 2.43 bits per heavy atom. The molecule has 0 unspecified atom stereocenters. The minimum absolute atomic E-state index is 0.0524. The number of hydrogen-bond acceptors (Lipinski definition) is 7. The summed E-state index contributed by atoms with van der Waals surface area (Å²) in [6.45, 7) is 10.3. The Hall–Kier alpha value is -3.33. The van der Waals surface area contributed by atoms with E-state index in [4.69, 9.17) is 18.9 Å². The number of nitrogens with one attached hydrogen (secondary N) is 1. The van der Waals surface area contributed by atoms with Gasteiger partial charge in [-0.25, -0.2) is 9.59 Å². The standard InChI is InChI=1S/C33H46N2O7/c1-31(2,3)27-28(36)35-20-33(41-8,19-25(35)29(37)40-7)24-12-11-21-18-26(39-6)22(16-23(21)17-24)10-9-13-32(4,5)14-15-42-30(38)34-27/h11-12,16-18,25,27H,9-10,13-15,19-20H2,1-8H3,(H,34,38)/t25-,27+,33-/m0/s1. The van der Waals surface area contributed by atoms with E-state index >= 15 is 0 Å². The molecule has 4 rings (SSSR count). The van der Waals surface area contributed by atoms with Gasteiger partial charge in [-0.15, -0.1) is 0 Å². The summed E-state index contributed by atoms with van der Waals surface area (Å²) in [7, 11) is 4.60. The van der Waals surface area contributed by atoms with Crippen molar-refractivity contribution in [1.82, 2.24) is 10.2 Å². The van der Waals surface area contributed by atoms with Gasteiger partial charge in [-0.3, -0.25) is 4.79 Å². The summed E-state index contributed by atoms with van der Waals surface area (Å²) in [5, 5.41) is 4.86. The van der Waals surface area contributed by atoms with Gasteiger partial charge < -0.3 is 29.2 Å². The van der Waals surface area contributed by atoms with Gasteiger partial charge >= 0.3 is 12.1 Å². The van der Waals surface area contributed by atoms with Crippen LogP contribution in [0.1, 0.15) is 71.4 Å². The SMILES string of the molecule is COC(=O)[C@@H]1C[C@]2(OC)CN1C(=O)[C@H](C(C)(C)C)NC(=O)OCCC(C)(C)CCCc1cc3cc2ccc3cc1OC. The fourth-order valence-electron chi connectivity index (χ4n) is 6.19. The lowest BCUT2D eigenvalue weighted by Crippen LogP contribution is -2.57. The molecule has 1 fully saturated rings. The summed E-state index contributed by atoms with van der Waals surface area (Å²) in [6, 6.07) is 8.48. The quantitative estimate of drug-likeness (QED) is 0.486. The van der Waals surface area contributed by atoms with E-state index in [0.717, 1.165) is 46.9 Å². The number of hydrogen-bond donors (Lipinski definition) is 1. The Balaban J connectivity index is 1.84. The first-order valence-electron chi connectivity index (χ1n) is 14.7. The second-order valence-corrected chi connectivity index (χ2v) is 13.5. The van der Waals surface area contributed by atoms with Gasteiger partial charge in [0.2, 0.25) is 5.91 Å². The molecule has 2 heterocycles. The monoisotopic (exact) mass is 582 g/mol. The van der Waals surface area contributed by atoms with Gasteiger partial charge in [0.25, 0.3) is 0 Å². The number of amides is 2. The van der Waals surface area contributed by atoms with Gasteiger partial charge in [-0.05, 0) is 76.6 Å². The van der Waals surface area contributed by atoms with Crippen molar-refractivity contribution in [1.29, 1.82) is 0 Å². The van der Waals surface area contributed by atoms with Crippen molar-refractivity contribution in [3.8, 4) is 5.75 Å². The fraction of sp³-hybridized carbons (Fsp3) is 0.606. The number of alkyl carbamates (subject to hydrolysis) is 1. The zero-order valence-corrected chi connectivity index (χ0v) is 26.3. The van der Waals surface area contributed by atoms with Crippen LogP contribution in [0.4, 0.5) is 4.79 Å². The predicted octanol–water partition coefficient (Wildman–Crippen LogP) is 5.36. The minimum atomic E-state index is -0.960. The van der Waals surface area contributed by atoms with Crippen LogP contribution in [0.5, 0.6) is 5.75 Å². The van der Waals surface area contributed by atoms with Crippen molar-refractivity contribution in [2.45, 2.75) is 84.4 Å². The van der Waals surface area contributed by atoms with Crippen LogP contribution in [-0.4, -0.2) is 69.4 Å². The van der Waals surface area contributed by atoms with Gasteiger partial charge in [0.05, 0.1) is 27.4 Å². The Bertz CT molecular complexity index is 1330. The van der Waals surface area contributed by atoms with Gasteiger partial charge in [0, 0.05) is 13.5 Å². The van der Waals surface area contributed by atoms with Crippen molar-refractivity contribution >= 4 is 28.7 Å². The largest absolute Gasteiger partial charge is 0.496 e. The molecule has 42 heavy (non-hydrogen) atoms. The molecule has 9 heteroatoms. The number of carbonyl (C=O) groups is 3. The first-order chi connectivity index (χ1) is 19.7. The number of methoxy groups -OCH3 is 3.